The molecular formula is C6H3F9O6Re. The SMILES string of the molecule is O=C(O)C(F)(F)F.O=C(O)C(F)(F)F.O=C(O)C(F)(F)F.[Re]. The summed E-state index contributed by atoms with van der Waals surface area (Å²) in [7, 11) is 0. The maximum atomic E-state index is 10.6. The van der Waals surface area contributed by atoms with E-state index < -0.39 is 36.4 Å². The molecule has 0 bridgehead atoms. The van der Waals surface area contributed by atoms with E-state index >= 15 is 0 Å². The van der Waals surface area contributed by atoms with Gasteiger partial charge < -0.3 is 15.3 Å². The number of carboxylic acids is 3. The van der Waals surface area contributed by atoms with Crippen LogP contribution in [-0.4, -0.2) is 51.8 Å². The van der Waals surface area contributed by atoms with Crippen LogP contribution in [0.2, 0.25) is 0 Å². The summed E-state index contributed by atoms with van der Waals surface area (Å²) in [6, 6.07) is 0. The fraction of sp³-hybridized carbons (Fsp3) is 0.500. The van der Waals surface area contributed by atoms with Gasteiger partial charge in [-0.1, -0.05) is 0 Å². The molecule has 0 aromatic carbocycles. The van der Waals surface area contributed by atoms with Crippen LogP contribution in [0.25, 0.3) is 0 Å². The van der Waals surface area contributed by atoms with Crippen LogP contribution < -0.4 is 0 Å². The van der Waals surface area contributed by atoms with Gasteiger partial charge in [0.05, 0.1) is 0 Å². The second-order valence-electron chi connectivity index (χ2n) is 2.41. The Bertz CT molecular complexity index is 313. The van der Waals surface area contributed by atoms with Gasteiger partial charge in [0.2, 0.25) is 0 Å². The second-order valence-corrected chi connectivity index (χ2v) is 2.41. The molecule has 0 atom stereocenters. The fourth-order valence-corrected chi connectivity index (χ4v) is 0. The van der Waals surface area contributed by atoms with Gasteiger partial charge in [-0.25, -0.2) is 14.4 Å². The molecule has 0 fully saturated rings. The van der Waals surface area contributed by atoms with Crippen LogP contribution in [0.4, 0.5) is 39.5 Å². The Morgan fingerprint density at radius 1 is 0.500 bits per heavy atom. The molecule has 0 aliphatic heterocycles. The maximum absolute atomic E-state index is 10.6. The number of halogens is 9. The molecule has 22 heavy (non-hydrogen) atoms. The third-order valence-electron chi connectivity index (χ3n) is 0.728. The zero-order valence-corrected chi connectivity index (χ0v) is 12.1. The van der Waals surface area contributed by atoms with Gasteiger partial charge in [0.25, 0.3) is 0 Å². The van der Waals surface area contributed by atoms with Crippen LogP contribution in [0.1, 0.15) is 0 Å². The molecule has 16 heteroatoms. The molecular weight excluding hydrogens is 525 g/mol. The van der Waals surface area contributed by atoms with E-state index in [1.807, 2.05) is 0 Å². The van der Waals surface area contributed by atoms with E-state index in [1.54, 1.807) is 0 Å². The Balaban J connectivity index is -0.000000108. The molecule has 0 heterocycles. The van der Waals surface area contributed by atoms with Crippen molar-refractivity contribution < 1.29 is 89.6 Å². The fourth-order valence-electron chi connectivity index (χ4n) is 0. The van der Waals surface area contributed by atoms with Gasteiger partial charge in [-0.2, -0.15) is 39.5 Å². The van der Waals surface area contributed by atoms with Crippen molar-refractivity contribution in [1.29, 1.82) is 0 Å². The van der Waals surface area contributed by atoms with E-state index in [-0.39, 0.29) is 20.4 Å². The molecule has 0 saturated heterocycles. The zero-order chi connectivity index (χ0) is 18.2. The standard InChI is InChI=1S/3C2HF3O2.Re/c3*3-2(4,5)1(6)7;/h3*(H,6,7);. The van der Waals surface area contributed by atoms with E-state index in [9.17, 15) is 39.5 Å². The Labute approximate surface area is 127 Å². The third-order valence-corrected chi connectivity index (χ3v) is 0.728. The predicted octanol–water partition coefficient (Wildman–Crippen LogP) is 1.90. The van der Waals surface area contributed by atoms with Crippen molar-refractivity contribution in [2.75, 3.05) is 0 Å². The summed E-state index contributed by atoms with van der Waals surface area (Å²) in [5.74, 6) is -8.27. The first-order valence-electron chi connectivity index (χ1n) is 3.73. The van der Waals surface area contributed by atoms with E-state index in [1.165, 1.54) is 0 Å². The summed E-state index contributed by atoms with van der Waals surface area (Å²) in [5.41, 5.74) is 0. The number of aliphatic carboxylic acids is 3. The molecule has 0 aliphatic carbocycles. The minimum Gasteiger partial charge on any atom is -0.475 e. The Hall–Kier alpha value is -1.56. The smallest absolute Gasteiger partial charge is 0.475 e. The van der Waals surface area contributed by atoms with E-state index in [4.69, 9.17) is 29.7 Å². The molecule has 133 valence electrons. The summed E-state index contributed by atoms with van der Waals surface area (Å²) in [6.07, 6.45) is -15.3. The summed E-state index contributed by atoms with van der Waals surface area (Å²) >= 11 is 0. The third kappa shape index (κ3) is 20.8. The van der Waals surface area contributed by atoms with Crippen molar-refractivity contribution in [3.05, 3.63) is 0 Å². The Kier molecular flexibility index (Phi) is 13.3. The number of hydrogen-bond acceptors (Lipinski definition) is 3. The Morgan fingerprint density at radius 2 is 0.545 bits per heavy atom. The van der Waals surface area contributed by atoms with Crippen LogP contribution >= 0.6 is 0 Å². The molecule has 0 amide bonds. The molecule has 0 aromatic rings. The molecule has 0 aliphatic rings. The van der Waals surface area contributed by atoms with Crippen LogP contribution in [0.15, 0.2) is 0 Å². The number of hydrogen-bond donors (Lipinski definition) is 3. The van der Waals surface area contributed by atoms with Crippen molar-refractivity contribution in [2.24, 2.45) is 0 Å². The first-order valence-corrected chi connectivity index (χ1v) is 3.73. The van der Waals surface area contributed by atoms with Gasteiger partial charge in [-0.05, 0) is 0 Å². The zero-order valence-electron chi connectivity index (χ0n) is 9.35. The molecule has 0 aromatic heterocycles. The number of rotatable bonds is 0. The number of carbonyl (C=O) groups is 3. The van der Waals surface area contributed by atoms with Crippen LogP contribution in [0, 0.1) is 0 Å². The number of carboxylic acid groups (broad SMARTS) is 3. The largest absolute Gasteiger partial charge is 0.490 e. The van der Waals surface area contributed by atoms with Gasteiger partial charge in [-0.3, -0.25) is 0 Å². The van der Waals surface area contributed by atoms with Crippen molar-refractivity contribution in [3.8, 4) is 0 Å². The first kappa shape index (κ1) is 28.6. The van der Waals surface area contributed by atoms with Crippen molar-refractivity contribution in [2.45, 2.75) is 18.5 Å². The van der Waals surface area contributed by atoms with Gasteiger partial charge in [0.15, 0.2) is 0 Å². The predicted molar refractivity (Wildman–Crippen MR) is 41.1 cm³/mol. The molecule has 3 N–H and O–H groups in total. The molecule has 1 radical (unpaired) electrons. The second kappa shape index (κ2) is 10.2. The van der Waals surface area contributed by atoms with Crippen molar-refractivity contribution in [1.82, 2.24) is 0 Å². The summed E-state index contributed by atoms with van der Waals surface area (Å²) in [6.45, 7) is 0. The van der Waals surface area contributed by atoms with Gasteiger partial charge in [0, 0.05) is 20.4 Å². The van der Waals surface area contributed by atoms with E-state index in [0.29, 0.717) is 0 Å². The molecule has 6 nitrogen and oxygen atoms in total. The van der Waals surface area contributed by atoms with Crippen molar-refractivity contribution in [3.63, 3.8) is 0 Å². The van der Waals surface area contributed by atoms with Crippen LogP contribution in [0.5, 0.6) is 0 Å². The van der Waals surface area contributed by atoms with E-state index in [0.717, 1.165) is 0 Å². The topological polar surface area (TPSA) is 112 Å². The molecule has 0 unspecified atom stereocenters. The van der Waals surface area contributed by atoms with Crippen LogP contribution in [-0.2, 0) is 34.8 Å². The normalized spacial score (nSPS) is 10.8. The quantitative estimate of drug-likeness (QED) is 0.415. The average Bonchev–Trinajstić information content (AvgIpc) is 2.14. The summed E-state index contributed by atoms with van der Waals surface area (Å²) < 4.78 is 95.2. The van der Waals surface area contributed by atoms with Crippen LogP contribution in [0.3, 0.4) is 0 Å². The summed E-state index contributed by atoms with van der Waals surface area (Å²) in [4.78, 5) is 26.7. The monoisotopic (exact) mass is 529 g/mol. The van der Waals surface area contributed by atoms with Gasteiger partial charge in [-0.15, -0.1) is 0 Å². The molecule has 0 saturated carbocycles. The van der Waals surface area contributed by atoms with E-state index in [2.05, 4.69) is 0 Å². The van der Waals surface area contributed by atoms with Gasteiger partial charge in [0.1, 0.15) is 0 Å². The maximum Gasteiger partial charge on any atom is 0.490 e. The van der Waals surface area contributed by atoms with Gasteiger partial charge >= 0.3 is 36.4 Å². The summed E-state index contributed by atoms with van der Waals surface area (Å²) in [5, 5.41) is 21.4. The number of alkyl halides is 9. The molecule has 0 spiro atoms. The average molecular weight is 528 g/mol. The minimum absolute atomic E-state index is 0. The first-order chi connectivity index (χ1) is 8.83. The minimum atomic E-state index is -5.08. The van der Waals surface area contributed by atoms with Crippen molar-refractivity contribution >= 4 is 17.9 Å². The molecule has 0 rings (SSSR count). The Morgan fingerprint density at radius 3 is 0.545 bits per heavy atom.